The fourth-order valence-corrected chi connectivity index (χ4v) is 3.14. The van der Waals surface area contributed by atoms with Crippen LogP contribution < -0.4 is 10.6 Å². The zero-order chi connectivity index (χ0) is 12.8. The Morgan fingerprint density at radius 3 is 3.16 bits per heavy atom. The maximum absolute atomic E-state index is 12.2. The summed E-state index contributed by atoms with van der Waals surface area (Å²) in [4.78, 5) is 20.3. The molecule has 4 rings (SSSR count). The highest BCUT2D eigenvalue weighted by atomic mass is 16.3. The van der Waals surface area contributed by atoms with Crippen molar-refractivity contribution >= 4 is 17.0 Å². The maximum Gasteiger partial charge on any atom is 0.270 e. The van der Waals surface area contributed by atoms with Gasteiger partial charge in [-0.15, -0.1) is 0 Å². The molecule has 1 saturated carbocycles. The molecule has 0 aromatic carbocycles. The Hall–Kier alpha value is -1.95. The number of nitrogens with one attached hydrogen (secondary N) is 2. The molecule has 1 aliphatic heterocycles. The largest absolute Gasteiger partial charge is 0.442 e. The summed E-state index contributed by atoms with van der Waals surface area (Å²) in [6, 6.07) is 2.31. The van der Waals surface area contributed by atoms with Crippen LogP contribution in [0, 0.1) is 5.92 Å². The van der Waals surface area contributed by atoms with Crippen LogP contribution in [0.15, 0.2) is 23.1 Å². The highest BCUT2D eigenvalue weighted by Crippen LogP contribution is 2.31. The second-order valence-corrected chi connectivity index (χ2v) is 5.32. The third kappa shape index (κ3) is 1.79. The highest BCUT2D eigenvalue weighted by molar-refractivity contribution is 5.95. The fraction of sp³-hybridized carbons (Fsp3) is 0.462. The fourth-order valence-electron chi connectivity index (χ4n) is 3.14. The molecule has 0 radical (unpaired) electrons. The molecule has 2 aromatic rings. The lowest BCUT2D eigenvalue weighted by molar-refractivity contribution is 0.0923. The lowest BCUT2D eigenvalue weighted by atomic mass is 10.1. The number of pyridine rings is 1. The Morgan fingerprint density at radius 2 is 2.37 bits per heavy atom. The van der Waals surface area contributed by atoms with Crippen LogP contribution in [0.3, 0.4) is 0 Å². The standard InChI is InChI=1S/C13H14N4O2/c18-13(17-9-2-7-1-8(9)14-4-7)11-3-10-12(5-15-11)19-6-16-10/h3,5-9,14H,1-2,4H2,(H,17,18)/t7-,8-,9-/m0/s1. The third-order valence-corrected chi connectivity index (χ3v) is 4.10. The summed E-state index contributed by atoms with van der Waals surface area (Å²) in [5.41, 5.74) is 1.65. The van der Waals surface area contributed by atoms with E-state index in [9.17, 15) is 4.79 Å². The van der Waals surface area contributed by atoms with E-state index in [0.29, 0.717) is 28.8 Å². The number of piperidine rings is 1. The molecule has 0 unspecified atom stereocenters. The van der Waals surface area contributed by atoms with Gasteiger partial charge in [0.15, 0.2) is 12.0 Å². The SMILES string of the molecule is O=C(N[C@H]1C[C@H]2CN[C@H]1C2)c1cc2ncoc2cn1. The molecule has 2 bridgehead atoms. The number of carbonyl (C=O) groups is 1. The number of fused-ring (bicyclic) bond motifs is 3. The Bertz CT molecular complexity index is 638. The van der Waals surface area contributed by atoms with Gasteiger partial charge in [-0.1, -0.05) is 0 Å². The van der Waals surface area contributed by atoms with Gasteiger partial charge in [0, 0.05) is 12.1 Å². The second kappa shape index (κ2) is 4.03. The number of nitrogens with zero attached hydrogens (tertiary/aromatic N) is 2. The van der Waals surface area contributed by atoms with E-state index in [0.717, 1.165) is 13.0 Å². The molecule has 1 aliphatic carbocycles. The third-order valence-electron chi connectivity index (χ3n) is 4.10. The van der Waals surface area contributed by atoms with Gasteiger partial charge in [0.25, 0.3) is 5.91 Å². The quantitative estimate of drug-likeness (QED) is 0.829. The van der Waals surface area contributed by atoms with Crippen molar-refractivity contribution in [2.45, 2.75) is 24.9 Å². The number of hydrogen-bond acceptors (Lipinski definition) is 5. The van der Waals surface area contributed by atoms with E-state index in [4.69, 9.17) is 4.42 Å². The molecule has 2 fully saturated rings. The van der Waals surface area contributed by atoms with Crippen LogP contribution in [-0.2, 0) is 0 Å². The first kappa shape index (κ1) is 10.9. The summed E-state index contributed by atoms with van der Waals surface area (Å²) >= 11 is 0. The van der Waals surface area contributed by atoms with Crippen molar-refractivity contribution in [2.24, 2.45) is 5.92 Å². The molecular weight excluding hydrogens is 244 g/mol. The summed E-state index contributed by atoms with van der Waals surface area (Å²) in [5, 5.41) is 6.49. The molecule has 6 nitrogen and oxygen atoms in total. The van der Waals surface area contributed by atoms with Gasteiger partial charge in [-0.25, -0.2) is 9.97 Å². The molecule has 2 aromatic heterocycles. The number of oxazole rings is 1. The predicted octanol–water partition coefficient (Wildman–Crippen LogP) is 0.703. The molecular formula is C13H14N4O2. The number of rotatable bonds is 2. The van der Waals surface area contributed by atoms with Crippen LogP contribution in [0.2, 0.25) is 0 Å². The molecule has 2 N–H and O–H groups in total. The van der Waals surface area contributed by atoms with E-state index in [2.05, 4.69) is 20.6 Å². The van der Waals surface area contributed by atoms with E-state index in [1.54, 1.807) is 6.07 Å². The minimum absolute atomic E-state index is 0.135. The molecule has 1 amide bonds. The summed E-state index contributed by atoms with van der Waals surface area (Å²) in [7, 11) is 0. The van der Waals surface area contributed by atoms with Crippen LogP contribution in [-0.4, -0.2) is 34.5 Å². The molecule has 3 heterocycles. The number of amides is 1. The van der Waals surface area contributed by atoms with Gasteiger partial charge in [-0.05, 0) is 31.4 Å². The molecule has 2 aliphatic rings. The first-order valence-corrected chi connectivity index (χ1v) is 6.53. The summed E-state index contributed by atoms with van der Waals surface area (Å²) in [5.74, 6) is 0.575. The number of carbonyl (C=O) groups excluding carboxylic acids is 1. The number of aromatic nitrogens is 2. The molecule has 3 atom stereocenters. The highest BCUT2D eigenvalue weighted by Gasteiger charge is 2.40. The molecule has 6 heteroatoms. The first-order chi connectivity index (χ1) is 9.29. The van der Waals surface area contributed by atoms with Crippen molar-refractivity contribution in [3.05, 3.63) is 24.4 Å². The zero-order valence-electron chi connectivity index (χ0n) is 10.3. The van der Waals surface area contributed by atoms with E-state index >= 15 is 0 Å². The van der Waals surface area contributed by atoms with Gasteiger partial charge in [0.05, 0.1) is 6.20 Å². The van der Waals surface area contributed by atoms with Gasteiger partial charge in [0.1, 0.15) is 11.2 Å². The monoisotopic (exact) mass is 258 g/mol. The van der Waals surface area contributed by atoms with Crippen molar-refractivity contribution in [1.82, 2.24) is 20.6 Å². The summed E-state index contributed by atoms with van der Waals surface area (Å²) in [6.45, 7) is 1.08. The Kier molecular flexibility index (Phi) is 2.32. The second-order valence-electron chi connectivity index (χ2n) is 5.32. The Labute approximate surface area is 109 Å². The minimum Gasteiger partial charge on any atom is -0.442 e. The minimum atomic E-state index is -0.135. The summed E-state index contributed by atoms with van der Waals surface area (Å²) in [6.07, 6.45) is 5.13. The van der Waals surface area contributed by atoms with E-state index in [1.165, 1.54) is 19.0 Å². The first-order valence-electron chi connectivity index (χ1n) is 6.53. The van der Waals surface area contributed by atoms with Crippen molar-refractivity contribution in [2.75, 3.05) is 6.54 Å². The Balaban J connectivity index is 1.53. The lowest BCUT2D eigenvalue weighted by Gasteiger charge is -2.23. The van der Waals surface area contributed by atoms with Crippen LogP contribution in [0.4, 0.5) is 0 Å². The Morgan fingerprint density at radius 1 is 1.42 bits per heavy atom. The number of hydrogen-bond donors (Lipinski definition) is 2. The van der Waals surface area contributed by atoms with Crippen molar-refractivity contribution in [1.29, 1.82) is 0 Å². The summed E-state index contributed by atoms with van der Waals surface area (Å²) < 4.78 is 5.11. The van der Waals surface area contributed by atoms with Crippen molar-refractivity contribution in [3.63, 3.8) is 0 Å². The van der Waals surface area contributed by atoms with E-state index in [1.807, 2.05) is 0 Å². The smallest absolute Gasteiger partial charge is 0.270 e. The van der Waals surface area contributed by atoms with Crippen molar-refractivity contribution in [3.8, 4) is 0 Å². The maximum atomic E-state index is 12.2. The predicted molar refractivity (Wildman–Crippen MR) is 67.6 cm³/mol. The van der Waals surface area contributed by atoms with Gasteiger partial charge >= 0.3 is 0 Å². The van der Waals surface area contributed by atoms with Crippen molar-refractivity contribution < 1.29 is 9.21 Å². The van der Waals surface area contributed by atoms with Crippen LogP contribution in [0.1, 0.15) is 23.3 Å². The van der Waals surface area contributed by atoms with E-state index in [-0.39, 0.29) is 11.9 Å². The normalized spacial score (nSPS) is 28.9. The lowest BCUT2D eigenvalue weighted by Crippen LogP contribution is -2.48. The molecule has 98 valence electrons. The van der Waals surface area contributed by atoms with E-state index < -0.39 is 0 Å². The van der Waals surface area contributed by atoms with Gasteiger partial charge in [-0.3, -0.25) is 4.79 Å². The van der Waals surface area contributed by atoms with Crippen LogP contribution in [0.5, 0.6) is 0 Å². The molecule has 1 saturated heterocycles. The average molecular weight is 258 g/mol. The topological polar surface area (TPSA) is 80.0 Å². The molecule has 19 heavy (non-hydrogen) atoms. The van der Waals surface area contributed by atoms with Crippen LogP contribution in [0.25, 0.3) is 11.1 Å². The van der Waals surface area contributed by atoms with Gasteiger partial charge in [-0.2, -0.15) is 0 Å². The molecule has 0 spiro atoms. The van der Waals surface area contributed by atoms with Crippen LogP contribution >= 0.6 is 0 Å². The average Bonchev–Trinajstić information content (AvgIpc) is 3.13. The van der Waals surface area contributed by atoms with Gasteiger partial charge < -0.3 is 15.1 Å². The zero-order valence-corrected chi connectivity index (χ0v) is 10.3. The van der Waals surface area contributed by atoms with Gasteiger partial charge in [0.2, 0.25) is 0 Å².